The molecular formula is C12H19ClN2O. The molecule has 0 unspecified atom stereocenters. The molecule has 90 valence electrons. The van der Waals surface area contributed by atoms with Crippen LogP contribution in [0.5, 0.6) is 5.75 Å². The Kier molecular flexibility index (Phi) is 4.05. The summed E-state index contributed by atoms with van der Waals surface area (Å²) in [5.74, 6) is 0.685. The van der Waals surface area contributed by atoms with Crippen molar-refractivity contribution in [1.82, 2.24) is 0 Å². The topological polar surface area (TPSA) is 38.5 Å². The minimum absolute atomic E-state index is 0.0993. The quantitative estimate of drug-likeness (QED) is 0.882. The number of nitrogens with two attached hydrogens (primary N) is 1. The molecule has 0 aromatic heterocycles. The van der Waals surface area contributed by atoms with Gasteiger partial charge < -0.3 is 15.4 Å². The van der Waals surface area contributed by atoms with Crippen molar-refractivity contribution in [3.8, 4) is 5.75 Å². The molecule has 4 heteroatoms. The maximum absolute atomic E-state index is 6.08. The standard InChI is InChI=1S/C12H19ClN2O/c1-12(2,8-14)15(3)9-5-6-11(16-4)10(13)7-9/h5-7H,8,14H2,1-4H3. The summed E-state index contributed by atoms with van der Waals surface area (Å²) in [6.07, 6.45) is 0. The van der Waals surface area contributed by atoms with Gasteiger partial charge in [0.2, 0.25) is 0 Å². The summed E-state index contributed by atoms with van der Waals surface area (Å²) in [6, 6.07) is 5.72. The number of halogens is 1. The van der Waals surface area contributed by atoms with Gasteiger partial charge in [0.05, 0.1) is 12.1 Å². The van der Waals surface area contributed by atoms with E-state index < -0.39 is 0 Å². The molecule has 0 spiro atoms. The van der Waals surface area contributed by atoms with Crippen molar-refractivity contribution < 1.29 is 4.74 Å². The molecule has 0 atom stereocenters. The number of methoxy groups -OCH3 is 1. The molecule has 0 aliphatic rings. The average molecular weight is 243 g/mol. The van der Waals surface area contributed by atoms with E-state index in [4.69, 9.17) is 22.1 Å². The van der Waals surface area contributed by atoms with Crippen LogP contribution in [0.15, 0.2) is 18.2 Å². The van der Waals surface area contributed by atoms with Crippen LogP contribution >= 0.6 is 11.6 Å². The zero-order valence-electron chi connectivity index (χ0n) is 10.2. The maximum atomic E-state index is 6.08. The summed E-state index contributed by atoms with van der Waals surface area (Å²) in [6.45, 7) is 4.75. The Morgan fingerprint density at radius 2 is 2.06 bits per heavy atom. The van der Waals surface area contributed by atoms with E-state index in [9.17, 15) is 0 Å². The molecule has 0 aliphatic heterocycles. The second-order valence-electron chi connectivity index (χ2n) is 4.39. The first-order chi connectivity index (χ1) is 7.42. The van der Waals surface area contributed by atoms with Gasteiger partial charge in [-0.25, -0.2) is 0 Å². The lowest BCUT2D eigenvalue weighted by Crippen LogP contribution is -2.47. The fourth-order valence-corrected chi connectivity index (χ4v) is 1.60. The lowest BCUT2D eigenvalue weighted by molar-refractivity contribution is 0.415. The van der Waals surface area contributed by atoms with Gasteiger partial charge in [0.1, 0.15) is 5.75 Å². The highest BCUT2D eigenvalue weighted by molar-refractivity contribution is 6.32. The summed E-state index contributed by atoms with van der Waals surface area (Å²) < 4.78 is 5.12. The molecule has 0 aliphatic carbocycles. The van der Waals surface area contributed by atoms with Crippen LogP contribution in [-0.4, -0.2) is 26.2 Å². The Morgan fingerprint density at radius 3 is 2.50 bits per heavy atom. The second kappa shape index (κ2) is 4.93. The molecular weight excluding hydrogens is 224 g/mol. The van der Waals surface area contributed by atoms with E-state index in [2.05, 4.69) is 18.7 Å². The van der Waals surface area contributed by atoms with Gasteiger partial charge in [0.15, 0.2) is 0 Å². The van der Waals surface area contributed by atoms with Gasteiger partial charge in [-0.2, -0.15) is 0 Å². The smallest absolute Gasteiger partial charge is 0.137 e. The number of nitrogens with zero attached hydrogens (tertiary/aromatic N) is 1. The summed E-state index contributed by atoms with van der Waals surface area (Å²) in [5.41, 5.74) is 6.67. The molecule has 0 saturated carbocycles. The Hall–Kier alpha value is -0.930. The third kappa shape index (κ3) is 2.60. The fraction of sp³-hybridized carbons (Fsp3) is 0.500. The molecule has 2 N–H and O–H groups in total. The lowest BCUT2D eigenvalue weighted by atomic mass is 10.0. The van der Waals surface area contributed by atoms with E-state index in [1.807, 2.05) is 25.2 Å². The molecule has 1 aromatic carbocycles. The van der Waals surface area contributed by atoms with Crippen molar-refractivity contribution in [1.29, 1.82) is 0 Å². The van der Waals surface area contributed by atoms with Crippen molar-refractivity contribution in [3.05, 3.63) is 23.2 Å². The van der Waals surface area contributed by atoms with Crippen molar-refractivity contribution in [2.75, 3.05) is 25.6 Å². The first-order valence-corrected chi connectivity index (χ1v) is 5.57. The zero-order chi connectivity index (χ0) is 12.3. The van der Waals surface area contributed by atoms with Crippen LogP contribution in [0.4, 0.5) is 5.69 Å². The van der Waals surface area contributed by atoms with E-state index in [1.165, 1.54) is 0 Å². The number of likely N-dealkylation sites (N-methyl/N-ethyl adjacent to an activating group) is 1. The average Bonchev–Trinajstić information content (AvgIpc) is 2.27. The highest BCUT2D eigenvalue weighted by Gasteiger charge is 2.22. The third-order valence-electron chi connectivity index (χ3n) is 2.93. The largest absolute Gasteiger partial charge is 0.495 e. The molecule has 0 saturated heterocycles. The van der Waals surface area contributed by atoms with E-state index >= 15 is 0 Å². The summed E-state index contributed by atoms with van der Waals surface area (Å²) >= 11 is 6.08. The molecule has 0 heterocycles. The minimum Gasteiger partial charge on any atom is -0.495 e. The van der Waals surface area contributed by atoms with E-state index in [-0.39, 0.29) is 5.54 Å². The second-order valence-corrected chi connectivity index (χ2v) is 4.80. The monoisotopic (exact) mass is 242 g/mol. The SMILES string of the molecule is COc1ccc(N(C)C(C)(C)CN)cc1Cl. The number of anilines is 1. The zero-order valence-corrected chi connectivity index (χ0v) is 11.0. The van der Waals surface area contributed by atoms with Gasteiger partial charge in [0, 0.05) is 24.8 Å². The van der Waals surface area contributed by atoms with Crippen molar-refractivity contribution in [2.24, 2.45) is 5.73 Å². The lowest BCUT2D eigenvalue weighted by Gasteiger charge is -2.36. The molecule has 16 heavy (non-hydrogen) atoms. The van der Waals surface area contributed by atoms with Crippen LogP contribution in [0, 0.1) is 0 Å². The van der Waals surface area contributed by atoms with E-state index in [0.29, 0.717) is 17.3 Å². The van der Waals surface area contributed by atoms with Crippen LogP contribution in [0.2, 0.25) is 5.02 Å². The first-order valence-electron chi connectivity index (χ1n) is 5.20. The minimum atomic E-state index is -0.0993. The molecule has 1 aromatic rings. The predicted molar refractivity (Wildman–Crippen MR) is 69.5 cm³/mol. The normalized spacial score (nSPS) is 11.4. The van der Waals surface area contributed by atoms with Crippen LogP contribution < -0.4 is 15.4 Å². The van der Waals surface area contributed by atoms with Crippen molar-refractivity contribution in [2.45, 2.75) is 19.4 Å². The molecule has 0 radical (unpaired) electrons. The summed E-state index contributed by atoms with van der Waals surface area (Å²) in [4.78, 5) is 2.11. The van der Waals surface area contributed by atoms with Gasteiger partial charge in [-0.1, -0.05) is 11.6 Å². The highest BCUT2D eigenvalue weighted by atomic mass is 35.5. The number of ether oxygens (including phenoxy) is 1. The number of rotatable bonds is 4. The number of benzene rings is 1. The number of hydrogen-bond acceptors (Lipinski definition) is 3. The summed E-state index contributed by atoms with van der Waals surface area (Å²) in [5, 5.41) is 0.611. The Morgan fingerprint density at radius 1 is 1.44 bits per heavy atom. The van der Waals surface area contributed by atoms with Crippen molar-refractivity contribution in [3.63, 3.8) is 0 Å². The Balaban J connectivity index is 3.02. The Labute approximate surface area is 102 Å². The summed E-state index contributed by atoms with van der Waals surface area (Å²) in [7, 11) is 3.61. The van der Waals surface area contributed by atoms with Crippen molar-refractivity contribution >= 4 is 17.3 Å². The van der Waals surface area contributed by atoms with E-state index in [0.717, 1.165) is 5.69 Å². The van der Waals surface area contributed by atoms with Gasteiger partial charge in [-0.05, 0) is 32.0 Å². The molecule has 3 nitrogen and oxygen atoms in total. The van der Waals surface area contributed by atoms with Crippen LogP contribution in [0.1, 0.15) is 13.8 Å². The fourth-order valence-electron chi connectivity index (χ4n) is 1.35. The Bertz CT molecular complexity index is 366. The first kappa shape index (κ1) is 13.1. The van der Waals surface area contributed by atoms with Gasteiger partial charge in [-0.15, -0.1) is 0 Å². The molecule has 0 amide bonds. The van der Waals surface area contributed by atoms with Crippen LogP contribution in [0.25, 0.3) is 0 Å². The molecule has 0 fully saturated rings. The third-order valence-corrected chi connectivity index (χ3v) is 3.23. The van der Waals surface area contributed by atoms with Gasteiger partial charge in [0.25, 0.3) is 0 Å². The van der Waals surface area contributed by atoms with Gasteiger partial charge >= 0.3 is 0 Å². The number of hydrogen-bond donors (Lipinski definition) is 1. The van der Waals surface area contributed by atoms with Crippen LogP contribution in [0.3, 0.4) is 0 Å². The van der Waals surface area contributed by atoms with E-state index in [1.54, 1.807) is 7.11 Å². The van der Waals surface area contributed by atoms with Gasteiger partial charge in [-0.3, -0.25) is 0 Å². The molecule has 0 bridgehead atoms. The van der Waals surface area contributed by atoms with Crippen LogP contribution in [-0.2, 0) is 0 Å². The maximum Gasteiger partial charge on any atom is 0.137 e. The predicted octanol–water partition coefficient (Wildman–Crippen LogP) is 2.52. The highest BCUT2D eigenvalue weighted by Crippen LogP contribution is 2.30. The molecule has 1 rings (SSSR count).